The van der Waals surface area contributed by atoms with Crippen LogP contribution >= 0.6 is 11.6 Å². The van der Waals surface area contributed by atoms with Crippen molar-refractivity contribution in [3.05, 3.63) is 0 Å². The summed E-state index contributed by atoms with van der Waals surface area (Å²) in [5.41, 5.74) is 0. The van der Waals surface area contributed by atoms with Crippen LogP contribution in [0.25, 0.3) is 0 Å². The highest BCUT2D eigenvalue weighted by atomic mass is 35.5. The lowest BCUT2D eigenvalue weighted by molar-refractivity contribution is -0.151. The van der Waals surface area contributed by atoms with E-state index in [0.717, 1.165) is 19.4 Å². The Labute approximate surface area is 107 Å². The molecule has 1 amide bonds. The van der Waals surface area contributed by atoms with E-state index >= 15 is 0 Å². The molecule has 0 saturated carbocycles. The number of rotatable bonds is 4. The Morgan fingerprint density at radius 1 is 1.53 bits per heavy atom. The van der Waals surface area contributed by atoms with Crippen LogP contribution in [0.4, 0.5) is 0 Å². The van der Waals surface area contributed by atoms with Crippen LogP contribution in [0.3, 0.4) is 0 Å². The van der Waals surface area contributed by atoms with E-state index in [1.54, 1.807) is 11.8 Å². The summed E-state index contributed by atoms with van der Waals surface area (Å²) in [6, 6.07) is 0. The average molecular weight is 262 g/mol. The number of amides is 1. The molecule has 1 aliphatic heterocycles. The Morgan fingerprint density at radius 2 is 2.24 bits per heavy atom. The Kier molecular flexibility index (Phi) is 5.75. The lowest BCUT2D eigenvalue weighted by atomic mass is 9.97. The smallest absolute Gasteiger partial charge is 0.310 e. The van der Waals surface area contributed by atoms with Crippen LogP contribution < -0.4 is 0 Å². The first-order chi connectivity index (χ1) is 8.10. The second-order valence-corrected chi connectivity index (χ2v) is 4.74. The van der Waals surface area contributed by atoms with Gasteiger partial charge in [-0.15, -0.1) is 11.6 Å². The first-order valence-corrected chi connectivity index (χ1v) is 6.65. The van der Waals surface area contributed by atoms with Gasteiger partial charge in [0.1, 0.15) is 0 Å². The molecule has 0 aromatic carbocycles. The van der Waals surface area contributed by atoms with E-state index in [9.17, 15) is 9.59 Å². The lowest BCUT2D eigenvalue weighted by Crippen LogP contribution is -2.45. The molecule has 0 N–H and O–H groups in total. The van der Waals surface area contributed by atoms with Crippen LogP contribution in [-0.2, 0) is 14.3 Å². The Balaban J connectivity index is 2.54. The highest BCUT2D eigenvalue weighted by Gasteiger charge is 2.30. The van der Waals surface area contributed by atoms with Crippen molar-refractivity contribution in [1.29, 1.82) is 0 Å². The summed E-state index contributed by atoms with van der Waals surface area (Å²) in [6.45, 7) is 5.18. The quantitative estimate of drug-likeness (QED) is 0.571. The molecular weight excluding hydrogens is 242 g/mol. The van der Waals surface area contributed by atoms with Gasteiger partial charge in [0.25, 0.3) is 0 Å². The molecule has 98 valence electrons. The zero-order valence-electron chi connectivity index (χ0n) is 10.4. The second-order valence-electron chi connectivity index (χ2n) is 4.43. The summed E-state index contributed by atoms with van der Waals surface area (Å²) in [6.07, 6.45) is 1.65. The van der Waals surface area contributed by atoms with Crippen molar-refractivity contribution in [1.82, 2.24) is 4.90 Å². The lowest BCUT2D eigenvalue weighted by Gasteiger charge is -2.32. The second kappa shape index (κ2) is 6.84. The number of hydrogen-bond donors (Lipinski definition) is 0. The number of piperidine rings is 1. The molecule has 0 aliphatic carbocycles. The summed E-state index contributed by atoms with van der Waals surface area (Å²) in [4.78, 5) is 25.3. The maximum Gasteiger partial charge on any atom is 0.310 e. The van der Waals surface area contributed by atoms with E-state index in [1.807, 2.05) is 6.92 Å². The molecule has 1 saturated heterocycles. The third-order valence-corrected chi connectivity index (χ3v) is 3.47. The van der Waals surface area contributed by atoms with Gasteiger partial charge in [0.15, 0.2) is 0 Å². The minimum Gasteiger partial charge on any atom is -0.466 e. The van der Waals surface area contributed by atoms with E-state index in [2.05, 4.69) is 0 Å². The van der Waals surface area contributed by atoms with Gasteiger partial charge in [0, 0.05) is 24.9 Å². The molecule has 1 aliphatic rings. The molecule has 1 heterocycles. The molecular formula is C12H20ClNO3. The van der Waals surface area contributed by atoms with Gasteiger partial charge >= 0.3 is 5.97 Å². The predicted molar refractivity (Wildman–Crippen MR) is 65.8 cm³/mol. The molecule has 0 aromatic heterocycles. The summed E-state index contributed by atoms with van der Waals surface area (Å²) in [5.74, 6) is -0.190. The van der Waals surface area contributed by atoms with Gasteiger partial charge in [0.05, 0.1) is 12.5 Å². The normalized spacial score (nSPS) is 22.1. The zero-order chi connectivity index (χ0) is 12.8. The van der Waals surface area contributed by atoms with Crippen LogP contribution in [0.5, 0.6) is 0 Å². The van der Waals surface area contributed by atoms with Gasteiger partial charge in [-0.3, -0.25) is 9.59 Å². The Hall–Kier alpha value is -0.770. The van der Waals surface area contributed by atoms with Crippen molar-refractivity contribution < 1.29 is 14.3 Å². The van der Waals surface area contributed by atoms with E-state index in [1.165, 1.54) is 0 Å². The summed E-state index contributed by atoms with van der Waals surface area (Å²) in [5, 5.41) is 0. The number of carbonyl (C=O) groups excluding carboxylic acids is 2. The maximum absolute atomic E-state index is 11.9. The van der Waals surface area contributed by atoms with Crippen LogP contribution in [0, 0.1) is 11.8 Å². The molecule has 0 bridgehead atoms. The number of carbonyl (C=O) groups is 2. The molecule has 2 atom stereocenters. The first kappa shape index (κ1) is 14.3. The standard InChI is InChI=1S/C12H20ClNO3/c1-3-17-12(16)10-5-4-6-14(8-10)11(15)9(2)7-13/h9-10H,3-8H2,1-2H3. The molecule has 1 fully saturated rings. The van der Waals surface area contributed by atoms with Gasteiger partial charge in [0.2, 0.25) is 5.91 Å². The molecule has 5 heteroatoms. The molecule has 17 heavy (non-hydrogen) atoms. The van der Waals surface area contributed by atoms with Crippen molar-refractivity contribution in [3.8, 4) is 0 Å². The fourth-order valence-corrected chi connectivity index (χ4v) is 2.14. The number of likely N-dealkylation sites (tertiary alicyclic amines) is 1. The highest BCUT2D eigenvalue weighted by molar-refractivity contribution is 6.19. The van der Waals surface area contributed by atoms with Crippen molar-refractivity contribution in [3.63, 3.8) is 0 Å². The summed E-state index contributed by atoms with van der Waals surface area (Å²) < 4.78 is 4.99. The molecule has 0 radical (unpaired) electrons. The van der Waals surface area contributed by atoms with E-state index < -0.39 is 0 Å². The van der Waals surface area contributed by atoms with Crippen molar-refractivity contribution >= 4 is 23.5 Å². The topological polar surface area (TPSA) is 46.6 Å². The largest absolute Gasteiger partial charge is 0.466 e. The van der Waals surface area contributed by atoms with Crippen LogP contribution in [0.2, 0.25) is 0 Å². The molecule has 4 nitrogen and oxygen atoms in total. The molecule has 0 aromatic rings. The number of alkyl halides is 1. The maximum atomic E-state index is 11.9. The number of ether oxygens (including phenoxy) is 1. The summed E-state index contributed by atoms with van der Waals surface area (Å²) in [7, 11) is 0. The third-order valence-electron chi connectivity index (χ3n) is 3.01. The summed E-state index contributed by atoms with van der Waals surface area (Å²) >= 11 is 5.68. The minimum atomic E-state index is -0.191. The van der Waals surface area contributed by atoms with Crippen LogP contribution in [0.15, 0.2) is 0 Å². The van der Waals surface area contributed by atoms with Gasteiger partial charge in [-0.1, -0.05) is 6.92 Å². The van der Waals surface area contributed by atoms with Gasteiger partial charge in [-0.2, -0.15) is 0 Å². The fraction of sp³-hybridized carbons (Fsp3) is 0.833. The molecule has 0 spiro atoms. The molecule has 2 unspecified atom stereocenters. The van der Waals surface area contributed by atoms with E-state index in [0.29, 0.717) is 19.0 Å². The van der Waals surface area contributed by atoms with E-state index in [-0.39, 0.29) is 23.7 Å². The third kappa shape index (κ3) is 3.87. The van der Waals surface area contributed by atoms with Crippen molar-refractivity contribution in [2.45, 2.75) is 26.7 Å². The van der Waals surface area contributed by atoms with Crippen molar-refractivity contribution in [2.24, 2.45) is 11.8 Å². The van der Waals surface area contributed by atoms with Crippen LogP contribution in [0.1, 0.15) is 26.7 Å². The minimum absolute atomic E-state index is 0.0361. The zero-order valence-corrected chi connectivity index (χ0v) is 11.2. The average Bonchev–Trinajstić information content (AvgIpc) is 2.37. The Bertz CT molecular complexity index is 283. The monoisotopic (exact) mass is 261 g/mol. The fourth-order valence-electron chi connectivity index (χ4n) is 2.01. The first-order valence-electron chi connectivity index (χ1n) is 6.11. The number of nitrogens with zero attached hydrogens (tertiary/aromatic N) is 1. The van der Waals surface area contributed by atoms with Gasteiger partial charge in [-0.05, 0) is 19.8 Å². The van der Waals surface area contributed by atoms with Crippen molar-refractivity contribution in [2.75, 3.05) is 25.6 Å². The Morgan fingerprint density at radius 3 is 2.82 bits per heavy atom. The number of esters is 1. The SMILES string of the molecule is CCOC(=O)C1CCCN(C(=O)C(C)CCl)C1. The van der Waals surface area contributed by atoms with E-state index in [4.69, 9.17) is 16.3 Å². The van der Waals surface area contributed by atoms with Gasteiger partial charge < -0.3 is 9.64 Å². The van der Waals surface area contributed by atoms with Gasteiger partial charge in [-0.25, -0.2) is 0 Å². The number of hydrogen-bond acceptors (Lipinski definition) is 3. The van der Waals surface area contributed by atoms with Crippen LogP contribution in [-0.4, -0.2) is 42.4 Å². The highest BCUT2D eigenvalue weighted by Crippen LogP contribution is 2.19. The predicted octanol–water partition coefficient (Wildman–Crippen LogP) is 1.66. The molecule has 1 rings (SSSR count). The number of halogens is 1.